The van der Waals surface area contributed by atoms with Crippen molar-refractivity contribution in [2.75, 3.05) is 13.7 Å². The van der Waals surface area contributed by atoms with Crippen LogP contribution < -0.4 is 0 Å². The lowest BCUT2D eigenvalue weighted by atomic mass is 10.9. The summed E-state index contributed by atoms with van der Waals surface area (Å²) >= 11 is 0. The molecule has 2 N–H and O–H groups in total. The van der Waals surface area contributed by atoms with Crippen molar-refractivity contribution < 1.29 is 23.5 Å². The fourth-order valence-electron chi connectivity index (χ4n) is 0.170. The van der Waals surface area contributed by atoms with E-state index in [1.165, 1.54) is 0 Å². The fraction of sp³-hybridized carbons (Fsp3) is 1.00. The van der Waals surface area contributed by atoms with Crippen LogP contribution in [0.4, 0.5) is 0 Å². The summed E-state index contributed by atoms with van der Waals surface area (Å²) in [5.74, 6) is 0. The Morgan fingerprint density at radius 2 is 2.00 bits per heavy atom. The van der Waals surface area contributed by atoms with Gasteiger partial charge in [-0.2, -0.15) is 4.58 Å². The lowest BCUT2D eigenvalue weighted by Crippen LogP contribution is -2.41. The van der Waals surface area contributed by atoms with Crippen molar-refractivity contribution in [1.82, 2.24) is 0 Å². The van der Waals surface area contributed by atoms with Crippen molar-refractivity contribution in [2.24, 2.45) is 0 Å². The highest BCUT2D eigenvalue weighted by Crippen LogP contribution is 1.95. The molecular weight excluding hydrogens is 144 g/mol. The first-order chi connectivity index (χ1) is 4.12. The Kier molecular flexibility index (Phi) is 3.94. The van der Waals surface area contributed by atoms with E-state index in [2.05, 4.69) is 13.9 Å². The zero-order valence-electron chi connectivity index (χ0n) is 5.33. The van der Waals surface area contributed by atoms with Crippen molar-refractivity contribution in [3.8, 4) is 0 Å². The van der Waals surface area contributed by atoms with Gasteiger partial charge < -0.3 is 14.0 Å². The van der Waals surface area contributed by atoms with E-state index in [4.69, 9.17) is 9.59 Å². The molecule has 0 saturated heterocycles. The molecule has 0 radical (unpaired) electrons. The largest absolute Gasteiger partial charge is 0.702 e. The summed E-state index contributed by atoms with van der Waals surface area (Å²) in [6, 6.07) is 0. The van der Waals surface area contributed by atoms with Gasteiger partial charge >= 0.3 is 9.05 Å². The van der Waals surface area contributed by atoms with E-state index >= 15 is 0 Å². The van der Waals surface area contributed by atoms with Crippen LogP contribution in [0, 0.1) is 0 Å². The first kappa shape index (κ1) is 9.02. The van der Waals surface area contributed by atoms with Gasteiger partial charge in [-0.15, -0.1) is 0 Å². The van der Waals surface area contributed by atoms with Gasteiger partial charge in [0, 0.05) is 7.11 Å². The first-order valence-corrected chi connectivity index (χ1v) is 4.14. The molecule has 0 saturated carbocycles. The van der Waals surface area contributed by atoms with Gasteiger partial charge in [-0.25, -0.2) is 4.89 Å². The molecule has 0 atom stereocenters. The van der Waals surface area contributed by atoms with Crippen molar-refractivity contribution in [2.45, 2.75) is 6.92 Å². The fourth-order valence-corrected chi connectivity index (χ4v) is 0.509. The molecule has 0 fully saturated rings. The molecule has 0 aliphatic carbocycles. The average molecular weight is 154 g/mol. The van der Waals surface area contributed by atoms with Crippen LogP contribution in [0.2, 0.25) is 0 Å². The summed E-state index contributed by atoms with van der Waals surface area (Å²) in [4.78, 5) is 21.4. The van der Waals surface area contributed by atoms with E-state index in [1.807, 2.05) is 0 Å². The first-order valence-electron chi connectivity index (χ1n) is 2.43. The maximum atomic E-state index is 8.58. The van der Waals surface area contributed by atoms with Crippen LogP contribution in [0.15, 0.2) is 0 Å². The van der Waals surface area contributed by atoms with Gasteiger partial charge in [0.1, 0.15) is 0 Å². The van der Waals surface area contributed by atoms with Crippen molar-refractivity contribution in [3.05, 3.63) is 0 Å². The Balaban J connectivity index is 3.33. The second-order valence-electron chi connectivity index (χ2n) is 1.24. The molecule has 5 nitrogen and oxygen atoms in total. The zero-order valence-corrected chi connectivity index (χ0v) is 6.33. The van der Waals surface area contributed by atoms with Crippen LogP contribution in [0.1, 0.15) is 6.92 Å². The summed E-state index contributed by atoms with van der Waals surface area (Å²) in [5.41, 5.74) is 0. The van der Waals surface area contributed by atoms with Crippen LogP contribution in [0.25, 0.3) is 0 Å². The summed E-state index contributed by atoms with van der Waals surface area (Å²) < 4.78 is 8.20. The maximum Gasteiger partial charge on any atom is 0.702 e. The van der Waals surface area contributed by atoms with Gasteiger partial charge in [0.15, 0.2) is 0 Å². The molecule has 0 amide bonds. The van der Waals surface area contributed by atoms with Crippen molar-refractivity contribution >= 4 is 9.05 Å². The van der Waals surface area contributed by atoms with Gasteiger partial charge in [0.2, 0.25) is 0 Å². The van der Waals surface area contributed by atoms with E-state index in [0.29, 0.717) is 0 Å². The monoisotopic (exact) mass is 154 g/mol. The highest BCUT2D eigenvalue weighted by atomic mass is 28.4. The van der Waals surface area contributed by atoms with Gasteiger partial charge in [0.05, 0.1) is 6.61 Å². The lowest BCUT2D eigenvalue weighted by molar-refractivity contribution is -0.260. The third-order valence-electron chi connectivity index (χ3n) is 0.551. The van der Waals surface area contributed by atoms with E-state index in [-0.39, 0.29) is 6.61 Å². The molecule has 0 spiro atoms. The SMILES string of the molecule is CCOO[Si](O)(O)OC. The third-order valence-corrected chi connectivity index (χ3v) is 1.42. The highest BCUT2D eigenvalue weighted by molar-refractivity contribution is 6.49. The van der Waals surface area contributed by atoms with Crippen molar-refractivity contribution in [3.63, 3.8) is 0 Å². The van der Waals surface area contributed by atoms with E-state index in [9.17, 15) is 0 Å². The molecule has 0 heterocycles. The number of rotatable bonds is 4. The second kappa shape index (κ2) is 3.93. The topological polar surface area (TPSA) is 68.2 Å². The van der Waals surface area contributed by atoms with Crippen LogP contribution >= 0.6 is 0 Å². The second-order valence-corrected chi connectivity index (χ2v) is 2.91. The predicted octanol–water partition coefficient (Wildman–Crippen LogP) is -0.979. The number of hydrogen-bond acceptors (Lipinski definition) is 5. The number of hydrogen-bond donors (Lipinski definition) is 2. The molecule has 56 valence electrons. The lowest BCUT2D eigenvalue weighted by Gasteiger charge is -2.11. The zero-order chi connectivity index (χ0) is 7.33. The highest BCUT2D eigenvalue weighted by Gasteiger charge is 2.36. The summed E-state index contributed by atoms with van der Waals surface area (Å²) in [7, 11) is -2.79. The van der Waals surface area contributed by atoms with E-state index < -0.39 is 9.05 Å². The molecule has 0 unspecified atom stereocenters. The molecule has 9 heavy (non-hydrogen) atoms. The van der Waals surface area contributed by atoms with Crippen LogP contribution in [0.5, 0.6) is 0 Å². The minimum absolute atomic E-state index is 0.249. The molecular formula is C3H10O5Si. The average Bonchev–Trinajstić information content (AvgIpc) is 1.84. The Morgan fingerprint density at radius 1 is 1.44 bits per heavy atom. The molecule has 0 aromatic rings. The summed E-state index contributed by atoms with van der Waals surface area (Å²) in [5, 5.41) is 0. The molecule has 0 aromatic heterocycles. The Labute approximate surface area is 54.2 Å². The maximum absolute atomic E-state index is 8.58. The summed E-state index contributed by atoms with van der Waals surface area (Å²) in [6.45, 7) is 1.90. The van der Waals surface area contributed by atoms with Gasteiger partial charge in [-0.05, 0) is 6.92 Å². The molecule has 0 bridgehead atoms. The summed E-state index contributed by atoms with van der Waals surface area (Å²) in [6.07, 6.45) is 0. The molecule has 6 heteroatoms. The van der Waals surface area contributed by atoms with Gasteiger partial charge in [0.25, 0.3) is 0 Å². The Hall–Kier alpha value is 0.0169. The molecule has 0 rings (SSSR count). The quantitative estimate of drug-likeness (QED) is 0.309. The smallest absolute Gasteiger partial charge is 0.366 e. The molecule has 0 aromatic carbocycles. The third kappa shape index (κ3) is 4.52. The minimum Gasteiger partial charge on any atom is -0.366 e. The van der Waals surface area contributed by atoms with Crippen LogP contribution in [-0.4, -0.2) is 32.4 Å². The standard InChI is InChI=1S/C3H10O5Si/c1-3-7-8-9(4,5)6-2/h4-5H,3H2,1-2H3. The van der Waals surface area contributed by atoms with Crippen LogP contribution in [0.3, 0.4) is 0 Å². The minimum atomic E-state index is -3.92. The Morgan fingerprint density at radius 3 is 2.33 bits per heavy atom. The van der Waals surface area contributed by atoms with Gasteiger partial charge in [-0.3, -0.25) is 0 Å². The van der Waals surface area contributed by atoms with Gasteiger partial charge in [-0.1, -0.05) is 0 Å². The van der Waals surface area contributed by atoms with E-state index in [0.717, 1.165) is 7.11 Å². The Bertz CT molecular complexity index is 74.6. The van der Waals surface area contributed by atoms with E-state index in [1.54, 1.807) is 6.92 Å². The normalized spacial score (nSPS) is 12.0. The molecule has 0 aliphatic rings. The molecule has 0 aliphatic heterocycles. The predicted molar refractivity (Wildman–Crippen MR) is 29.9 cm³/mol. The van der Waals surface area contributed by atoms with Crippen LogP contribution in [-0.2, 0) is 13.9 Å². The van der Waals surface area contributed by atoms with Crippen molar-refractivity contribution in [1.29, 1.82) is 0 Å².